The highest BCUT2D eigenvalue weighted by atomic mass is 19.1. The second-order valence-electron chi connectivity index (χ2n) is 9.05. The van der Waals surface area contributed by atoms with Crippen molar-refractivity contribution >= 4 is 23.6 Å². The summed E-state index contributed by atoms with van der Waals surface area (Å²) < 4.78 is 13.3. The molecule has 0 saturated heterocycles. The molecule has 3 aromatic carbocycles. The molecule has 0 amide bonds. The number of benzene rings is 3. The lowest BCUT2D eigenvalue weighted by Gasteiger charge is -2.34. The van der Waals surface area contributed by atoms with Gasteiger partial charge in [-0.3, -0.25) is 4.79 Å². The smallest absolute Gasteiger partial charge is 0.169 e. The van der Waals surface area contributed by atoms with E-state index in [0.29, 0.717) is 5.56 Å². The van der Waals surface area contributed by atoms with Crippen LogP contribution in [0, 0.1) is 11.7 Å². The van der Waals surface area contributed by atoms with Gasteiger partial charge in [0.25, 0.3) is 0 Å². The normalized spacial score (nSPS) is 18.3. The van der Waals surface area contributed by atoms with Crippen LogP contribution in [0.25, 0.3) is 23.3 Å². The van der Waals surface area contributed by atoms with Gasteiger partial charge >= 0.3 is 0 Å². The fourth-order valence-electron chi connectivity index (χ4n) is 5.01. The molecule has 0 fully saturated rings. The number of nitrogen functional groups attached to an aromatic ring is 1. The zero-order chi connectivity index (χ0) is 21.0. The number of nitrogens with two attached hydrogens (primary N) is 1. The number of hydrogen-bond donors (Lipinski definition) is 1. The van der Waals surface area contributed by atoms with Gasteiger partial charge in [0.2, 0.25) is 0 Å². The topological polar surface area (TPSA) is 43.1 Å². The van der Waals surface area contributed by atoms with E-state index in [1.807, 2.05) is 12.1 Å². The molecule has 3 aromatic rings. The molecule has 1 atom stereocenters. The first-order valence-electron chi connectivity index (χ1n) is 10.4. The lowest BCUT2D eigenvalue weighted by atomic mass is 9.69. The number of rotatable bonds is 2. The second kappa shape index (κ2) is 6.66. The summed E-state index contributed by atoms with van der Waals surface area (Å²) in [6.07, 6.45) is 5.98. The average molecular weight is 397 g/mol. The van der Waals surface area contributed by atoms with Crippen molar-refractivity contribution in [3.05, 3.63) is 87.5 Å². The van der Waals surface area contributed by atoms with Crippen LogP contribution in [0.1, 0.15) is 41.8 Å². The molecule has 0 spiro atoms. The van der Waals surface area contributed by atoms with Gasteiger partial charge in [-0.1, -0.05) is 44.2 Å². The first-order chi connectivity index (χ1) is 14.3. The molecule has 2 nitrogen and oxygen atoms in total. The fourth-order valence-corrected chi connectivity index (χ4v) is 5.01. The van der Waals surface area contributed by atoms with Gasteiger partial charge in [0.15, 0.2) is 5.78 Å². The first kappa shape index (κ1) is 18.8. The molecule has 0 radical (unpaired) electrons. The molecule has 150 valence electrons. The van der Waals surface area contributed by atoms with E-state index in [-0.39, 0.29) is 22.9 Å². The van der Waals surface area contributed by atoms with Crippen molar-refractivity contribution in [3.63, 3.8) is 0 Å². The quantitative estimate of drug-likeness (QED) is 0.515. The van der Waals surface area contributed by atoms with Crippen LogP contribution < -0.4 is 16.2 Å². The largest absolute Gasteiger partial charge is 0.399 e. The van der Waals surface area contributed by atoms with Crippen LogP contribution in [0.3, 0.4) is 0 Å². The van der Waals surface area contributed by atoms with Crippen molar-refractivity contribution in [1.29, 1.82) is 0 Å². The highest BCUT2D eigenvalue weighted by Gasteiger charge is 2.33. The Labute approximate surface area is 175 Å². The fraction of sp³-hybridized carbons (Fsp3) is 0.222. The van der Waals surface area contributed by atoms with E-state index in [0.717, 1.165) is 23.7 Å². The predicted molar refractivity (Wildman–Crippen MR) is 120 cm³/mol. The molecule has 2 aliphatic carbocycles. The zero-order valence-electron chi connectivity index (χ0n) is 17.2. The Kier molecular flexibility index (Phi) is 4.18. The first-order valence-corrected chi connectivity index (χ1v) is 10.4. The van der Waals surface area contributed by atoms with Crippen LogP contribution in [0.4, 0.5) is 10.1 Å². The van der Waals surface area contributed by atoms with Crippen LogP contribution in [-0.2, 0) is 11.8 Å². The molecule has 0 aliphatic heterocycles. The molecule has 0 saturated carbocycles. The van der Waals surface area contributed by atoms with Crippen LogP contribution in [-0.4, -0.2) is 5.78 Å². The predicted octanol–water partition coefficient (Wildman–Crippen LogP) is 4.37. The summed E-state index contributed by atoms with van der Waals surface area (Å²) in [4.78, 5) is 13.2. The lowest BCUT2D eigenvalue weighted by molar-refractivity contribution is 0.0933. The maximum Gasteiger partial charge on any atom is 0.169 e. The lowest BCUT2D eigenvalue weighted by Crippen LogP contribution is -2.43. The van der Waals surface area contributed by atoms with E-state index in [4.69, 9.17) is 5.73 Å². The molecule has 0 aromatic heterocycles. The van der Waals surface area contributed by atoms with Gasteiger partial charge < -0.3 is 5.73 Å². The third kappa shape index (κ3) is 2.97. The van der Waals surface area contributed by atoms with Crippen molar-refractivity contribution in [2.45, 2.75) is 32.1 Å². The van der Waals surface area contributed by atoms with Crippen molar-refractivity contribution in [3.8, 4) is 11.1 Å². The Morgan fingerprint density at radius 2 is 1.77 bits per heavy atom. The van der Waals surface area contributed by atoms with Gasteiger partial charge in [-0.25, -0.2) is 4.39 Å². The zero-order valence-corrected chi connectivity index (χ0v) is 17.2. The Hall–Kier alpha value is -3.20. The maximum atomic E-state index is 13.3. The summed E-state index contributed by atoms with van der Waals surface area (Å²) in [6, 6.07) is 16.4. The number of carbonyl (C=O) groups is 1. The molecule has 30 heavy (non-hydrogen) atoms. The minimum Gasteiger partial charge on any atom is -0.399 e. The Bertz CT molecular complexity index is 1300. The number of fused-ring (bicyclic) bond motifs is 5. The minimum atomic E-state index is -0.327. The van der Waals surface area contributed by atoms with Crippen LogP contribution >= 0.6 is 0 Å². The van der Waals surface area contributed by atoms with Gasteiger partial charge in [-0.05, 0) is 87.3 Å². The standard InChI is InChI=1S/C27H24FNO/c1-27(2)15-18(26(30)17-3-7-19(28)8-4-17)13-24-22-10-6-16-5-9-20(29)14-23(16)21(22)11-12-25(24)27/h3-5,7-14,18H,6,15,29H2,1-2H3. The Balaban J connectivity index is 1.70. The number of hydrogen-bond acceptors (Lipinski definition) is 2. The summed E-state index contributed by atoms with van der Waals surface area (Å²) in [5, 5.41) is 2.34. The molecule has 3 heteroatoms. The van der Waals surface area contributed by atoms with Gasteiger partial charge in [0.1, 0.15) is 5.82 Å². The summed E-state index contributed by atoms with van der Waals surface area (Å²) in [5.74, 6) is -0.515. The van der Waals surface area contributed by atoms with Crippen LogP contribution in [0.2, 0.25) is 0 Å². The number of Topliss-reactive ketones (excluding diaryl/α,β-unsaturated/α-hetero) is 1. The second-order valence-corrected chi connectivity index (χ2v) is 9.05. The van der Waals surface area contributed by atoms with Crippen molar-refractivity contribution in [2.75, 3.05) is 5.73 Å². The Morgan fingerprint density at radius 3 is 2.53 bits per heavy atom. The van der Waals surface area contributed by atoms with Gasteiger partial charge in [-0.15, -0.1) is 0 Å². The molecular weight excluding hydrogens is 373 g/mol. The van der Waals surface area contributed by atoms with E-state index < -0.39 is 0 Å². The highest BCUT2D eigenvalue weighted by Crippen LogP contribution is 2.35. The van der Waals surface area contributed by atoms with Crippen molar-refractivity contribution < 1.29 is 9.18 Å². The van der Waals surface area contributed by atoms with E-state index in [1.54, 1.807) is 12.1 Å². The average Bonchev–Trinajstić information content (AvgIpc) is 2.72. The number of ketones is 1. The van der Waals surface area contributed by atoms with Crippen molar-refractivity contribution in [2.24, 2.45) is 5.92 Å². The summed E-state index contributed by atoms with van der Waals surface area (Å²) in [7, 11) is 0. The van der Waals surface area contributed by atoms with Crippen LogP contribution in [0.5, 0.6) is 0 Å². The SMILES string of the molecule is CC1(C)CC(C(=O)c2ccc(F)cc2)C=c2c1ccc1c2=CCc2ccc(N)cc2-1. The summed E-state index contributed by atoms with van der Waals surface area (Å²) in [5.41, 5.74) is 12.1. The van der Waals surface area contributed by atoms with E-state index in [2.05, 4.69) is 44.2 Å². The molecular formula is C27H24FNO. The van der Waals surface area contributed by atoms with E-state index in [9.17, 15) is 9.18 Å². The third-order valence-corrected chi connectivity index (χ3v) is 6.53. The number of carbonyl (C=O) groups excluding carboxylic acids is 1. The minimum absolute atomic E-state index is 0.0479. The number of anilines is 1. The van der Waals surface area contributed by atoms with E-state index >= 15 is 0 Å². The van der Waals surface area contributed by atoms with E-state index in [1.165, 1.54) is 39.6 Å². The van der Waals surface area contributed by atoms with Crippen LogP contribution in [0.15, 0.2) is 54.6 Å². The van der Waals surface area contributed by atoms with Gasteiger partial charge in [0, 0.05) is 17.2 Å². The summed E-state index contributed by atoms with van der Waals surface area (Å²) in [6.45, 7) is 4.40. The molecule has 0 bridgehead atoms. The monoisotopic (exact) mass is 397 g/mol. The molecule has 0 heterocycles. The maximum absolute atomic E-state index is 13.3. The van der Waals surface area contributed by atoms with Gasteiger partial charge in [-0.2, -0.15) is 0 Å². The van der Waals surface area contributed by atoms with Crippen molar-refractivity contribution in [1.82, 2.24) is 0 Å². The molecule has 2 N–H and O–H groups in total. The molecule has 2 aliphatic rings. The summed E-state index contributed by atoms with van der Waals surface area (Å²) >= 11 is 0. The highest BCUT2D eigenvalue weighted by molar-refractivity contribution is 6.01. The number of halogens is 1. The molecule has 1 unspecified atom stereocenters. The molecule has 5 rings (SSSR count). The third-order valence-electron chi connectivity index (χ3n) is 6.53. The van der Waals surface area contributed by atoms with Gasteiger partial charge in [0.05, 0.1) is 0 Å². The Morgan fingerprint density at radius 1 is 1.00 bits per heavy atom.